The first-order valence-electron chi connectivity index (χ1n) is 17.5. The summed E-state index contributed by atoms with van der Waals surface area (Å²) < 4.78 is 0. The van der Waals surface area contributed by atoms with E-state index in [9.17, 15) is 0 Å². The van der Waals surface area contributed by atoms with Gasteiger partial charge in [0, 0.05) is 0 Å². The predicted octanol–water partition coefficient (Wildman–Crippen LogP) is 13.2. The number of hydrogen-bond acceptors (Lipinski definition) is 0. The standard InChI is InChI=1S/C50H34/c1-33-19-20-38-30-41-31-39-15-10-18-47-48(39)49(45(41)32-40(38)29-33)44-16-8-9-17-46(44)50(47,42-25-21-36(22-26-42)34-11-4-2-5-12-34)43-27-23-37(24-28-43)35-13-6-3-7-14-35/h2-32H,1H3. The lowest BCUT2D eigenvalue weighted by Crippen LogP contribution is -2.34. The van der Waals surface area contributed by atoms with Gasteiger partial charge in [0.2, 0.25) is 0 Å². The minimum atomic E-state index is -0.533. The van der Waals surface area contributed by atoms with E-state index in [-0.39, 0.29) is 0 Å². The van der Waals surface area contributed by atoms with Crippen molar-refractivity contribution in [2.45, 2.75) is 12.3 Å². The van der Waals surface area contributed by atoms with Crippen LogP contribution >= 0.6 is 0 Å². The van der Waals surface area contributed by atoms with Crippen molar-refractivity contribution in [3.8, 4) is 33.4 Å². The number of benzene rings is 9. The molecule has 0 atom stereocenters. The molecule has 0 saturated carbocycles. The second-order valence-electron chi connectivity index (χ2n) is 13.8. The first kappa shape index (κ1) is 28.7. The number of aryl methyl sites for hydroxylation is 1. The van der Waals surface area contributed by atoms with Gasteiger partial charge in [0.1, 0.15) is 0 Å². The molecule has 1 aliphatic rings. The van der Waals surface area contributed by atoms with Crippen molar-refractivity contribution in [2.24, 2.45) is 0 Å². The summed E-state index contributed by atoms with van der Waals surface area (Å²) >= 11 is 0. The van der Waals surface area contributed by atoms with Crippen molar-refractivity contribution in [3.05, 3.63) is 216 Å². The zero-order valence-corrected chi connectivity index (χ0v) is 27.9. The van der Waals surface area contributed by atoms with Crippen molar-refractivity contribution in [3.63, 3.8) is 0 Å². The topological polar surface area (TPSA) is 0 Å². The first-order valence-corrected chi connectivity index (χ1v) is 17.5. The van der Waals surface area contributed by atoms with E-state index >= 15 is 0 Å². The van der Waals surface area contributed by atoms with Gasteiger partial charge in [-0.3, -0.25) is 0 Å². The summed E-state index contributed by atoms with van der Waals surface area (Å²) in [6.07, 6.45) is 0. The maximum absolute atomic E-state index is 2.43. The molecule has 10 rings (SSSR count). The van der Waals surface area contributed by atoms with Crippen LogP contribution in [0.15, 0.2) is 188 Å². The van der Waals surface area contributed by atoms with Crippen LogP contribution in [0.2, 0.25) is 0 Å². The average molecular weight is 635 g/mol. The van der Waals surface area contributed by atoms with Crippen LogP contribution < -0.4 is 0 Å². The summed E-state index contributed by atoms with van der Waals surface area (Å²) in [6, 6.07) is 70.2. The number of fused-ring (bicyclic) bond motifs is 5. The van der Waals surface area contributed by atoms with Crippen LogP contribution in [0.1, 0.15) is 27.8 Å². The molecule has 0 nitrogen and oxygen atoms in total. The molecule has 1 aliphatic carbocycles. The van der Waals surface area contributed by atoms with Crippen molar-refractivity contribution in [1.29, 1.82) is 0 Å². The second-order valence-corrected chi connectivity index (χ2v) is 13.8. The van der Waals surface area contributed by atoms with Crippen molar-refractivity contribution >= 4 is 32.3 Å². The maximum atomic E-state index is 2.43. The Balaban J connectivity index is 1.32. The SMILES string of the molecule is Cc1ccc2cc3cc4cccc5c4c(c3cc2c1)-c1ccccc1C5(c1ccc(-c2ccccc2)cc1)c1ccc(-c2ccccc2)cc1. The maximum Gasteiger partial charge on any atom is 0.0713 e. The molecule has 0 unspecified atom stereocenters. The Hall–Kier alpha value is -6.24. The minimum absolute atomic E-state index is 0.533. The molecule has 0 amide bonds. The molecular formula is C50H34. The molecule has 0 spiro atoms. The molecule has 0 heterocycles. The van der Waals surface area contributed by atoms with Gasteiger partial charge < -0.3 is 0 Å². The quantitative estimate of drug-likeness (QED) is 0.169. The normalized spacial score (nSPS) is 13.1. The first-order chi connectivity index (χ1) is 24.7. The Morgan fingerprint density at radius 1 is 0.360 bits per heavy atom. The van der Waals surface area contributed by atoms with Crippen molar-refractivity contribution in [2.75, 3.05) is 0 Å². The average Bonchev–Trinajstić information content (AvgIpc) is 3.18. The Bertz CT molecular complexity index is 2630. The molecule has 234 valence electrons. The lowest BCUT2D eigenvalue weighted by molar-refractivity contribution is 0.750. The Morgan fingerprint density at radius 2 is 0.920 bits per heavy atom. The molecule has 9 aromatic rings. The van der Waals surface area contributed by atoms with Gasteiger partial charge in [-0.2, -0.15) is 0 Å². The van der Waals surface area contributed by atoms with Gasteiger partial charge in [0.25, 0.3) is 0 Å². The molecule has 0 fully saturated rings. The van der Waals surface area contributed by atoms with Crippen molar-refractivity contribution in [1.82, 2.24) is 0 Å². The molecule has 0 radical (unpaired) electrons. The van der Waals surface area contributed by atoms with Gasteiger partial charge in [-0.1, -0.05) is 175 Å². The van der Waals surface area contributed by atoms with Crippen LogP contribution in [0.5, 0.6) is 0 Å². The number of hydrogen-bond donors (Lipinski definition) is 0. The molecule has 0 bridgehead atoms. The van der Waals surface area contributed by atoms with Crippen LogP contribution in [-0.2, 0) is 5.41 Å². The van der Waals surface area contributed by atoms with Gasteiger partial charge >= 0.3 is 0 Å². The minimum Gasteiger partial charge on any atom is -0.0622 e. The van der Waals surface area contributed by atoms with E-state index < -0.39 is 5.41 Å². The van der Waals surface area contributed by atoms with E-state index in [4.69, 9.17) is 0 Å². The van der Waals surface area contributed by atoms with E-state index in [0.29, 0.717) is 0 Å². The van der Waals surface area contributed by atoms with E-state index in [1.807, 2.05) is 0 Å². The molecule has 0 aliphatic heterocycles. The van der Waals surface area contributed by atoms with Gasteiger partial charge in [0.15, 0.2) is 0 Å². The summed E-state index contributed by atoms with van der Waals surface area (Å²) in [5.41, 5.74) is 13.5. The molecule has 0 heteroatoms. The summed E-state index contributed by atoms with van der Waals surface area (Å²) in [7, 11) is 0. The van der Waals surface area contributed by atoms with Gasteiger partial charge in [0.05, 0.1) is 5.41 Å². The smallest absolute Gasteiger partial charge is 0.0622 e. The lowest BCUT2D eigenvalue weighted by atomic mass is 9.59. The molecule has 0 saturated heterocycles. The van der Waals surface area contributed by atoms with E-state index in [2.05, 4.69) is 195 Å². The van der Waals surface area contributed by atoms with Gasteiger partial charge in [-0.25, -0.2) is 0 Å². The summed E-state index contributed by atoms with van der Waals surface area (Å²) in [5.74, 6) is 0. The van der Waals surface area contributed by atoms with E-state index in [0.717, 1.165) is 0 Å². The molecule has 0 aromatic heterocycles. The van der Waals surface area contributed by atoms with Gasteiger partial charge in [-0.15, -0.1) is 0 Å². The van der Waals surface area contributed by atoms with Crippen molar-refractivity contribution < 1.29 is 0 Å². The second kappa shape index (κ2) is 11.2. The third-order valence-corrected chi connectivity index (χ3v) is 10.9. The fraction of sp³-hybridized carbons (Fsp3) is 0.0400. The molecule has 50 heavy (non-hydrogen) atoms. The van der Waals surface area contributed by atoms with Crippen LogP contribution in [-0.4, -0.2) is 0 Å². The third kappa shape index (κ3) is 4.25. The van der Waals surface area contributed by atoms with E-state index in [1.165, 1.54) is 93.5 Å². The molecule has 0 N–H and O–H groups in total. The van der Waals surface area contributed by atoms with Gasteiger partial charge in [-0.05, 0) is 113 Å². The van der Waals surface area contributed by atoms with Crippen LogP contribution in [0.25, 0.3) is 65.7 Å². The Morgan fingerprint density at radius 3 is 1.58 bits per heavy atom. The molecular weight excluding hydrogens is 601 g/mol. The third-order valence-electron chi connectivity index (χ3n) is 10.9. The lowest BCUT2D eigenvalue weighted by Gasteiger charge is -2.42. The zero-order chi connectivity index (χ0) is 33.2. The van der Waals surface area contributed by atoms with Crippen LogP contribution in [0.4, 0.5) is 0 Å². The summed E-state index contributed by atoms with van der Waals surface area (Å²) in [6.45, 7) is 2.18. The number of rotatable bonds is 4. The fourth-order valence-electron chi connectivity index (χ4n) is 8.68. The zero-order valence-electron chi connectivity index (χ0n) is 27.9. The highest BCUT2D eigenvalue weighted by atomic mass is 14.5. The monoisotopic (exact) mass is 634 g/mol. The van der Waals surface area contributed by atoms with E-state index in [1.54, 1.807) is 0 Å². The Labute approximate surface area is 292 Å². The highest BCUT2D eigenvalue weighted by Gasteiger charge is 2.44. The predicted molar refractivity (Wildman–Crippen MR) is 212 cm³/mol. The summed E-state index contributed by atoms with van der Waals surface area (Å²) in [4.78, 5) is 0. The fourth-order valence-corrected chi connectivity index (χ4v) is 8.68. The highest BCUT2D eigenvalue weighted by Crippen LogP contribution is 2.57. The Kier molecular flexibility index (Phi) is 6.41. The highest BCUT2D eigenvalue weighted by molar-refractivity contribution is 6.19. The van der Waals surface area contributed by atoms with Crippen LogP contribution in [0, 0.1) is 6.92 Å². The van der Waals surface area contributed by atoms with Crippen LogP contribution in [0.3, 0.4) is 0 Å². The largest absolute Gasteiger partial charge is 0.0713 e. The molecule has 9 aromatic carbocycles. The summed E-state index contributed by atoms with van der Waals surface area (Å²) in [5, 5.41) is 7.77.